The lowest BCUT2D eigenvalue weighted by Crippen LogP contribution is -2.43. The fraction of sp³-hybridized carbons (Fsp3) is 0.600. The second-order valence-electron chi connectivity index (χ2n) is 8.78. The highest BCUT2D eigenvalue weighted by atomic mass is 19.4. The van der Waals surface area contributed by atoms with Crippen LogP contribution in [0.5, 0.6) is 0 Å². The van der Waals surface area contributed by atoms with E-state index >= 15 is 8.78 Å². The van der Waals surface area contributed by atoms with Crippen LogP contribution in [0.25, 0.3) is 10.9 Å². The normalized spacial score (nSPS) is 20.4. The molecule has 38 heavy (non-hydrogen) atoms. The van der Waals surface area contributed by atoms with Crippen molar-refractivity contribution >= 4 is 10.9 Å². The zero-order chi connectivity index (χ0) is 30.3. The van der Waals surface area contributed by atoms with Crippen molar-refractivity contribution in [3.8, 4) is 0 Å². The monoisotopic (exact) mass is 586 g/mol. The molecule has 4 unspecified atom stereocenters. The van der Waals surface area contributed by atoms with Crippen LogP contribution in [-0.2, 0) is 22.7 Å². The van der Waals surface area contributed by atoms with Crippen LogP contribution < -0.4 is 0 Å². The van der Waals surface area contributed by atoms with E-state index in [2.05, 4.69) is 9.97 Å². The molecule has 0 N–H and O–H groups in total. The third kappa shape index (κ3) is 4.71. The van der Waals surface area contributed by atoms with E-state index < -0.39 is 102 Å². The third-order valence-electron chi connectivity index (χ3n) is 5.83. The maximum absolute atomic E-state index is 15.3. The summed E-state index contributed by atoms with van der Waals surface area (Å²) in [5, 5.41) is -2.19. The van der Waals surface area contributed by atoms with E-state index in [1.54, 1.807) is 0 Å². The Kier molecular flexibility index (Phi) is 7.05. The Labute approximate surface area is 202 Å². The van der Waals surface area contributed by atoms with E-state index in [0.717, 1.165) is 0 Å². The molecule has 0 aliphatic heterocycles. The highest BCUT2D eigenvalue weighted by Crippen LogP contribution is 2.55. The molecule has 4 atom stereocenters. The average Bonchev–Trinajstić information content (AvgIpc) is 2.68. The Morgan fingerprint density at radius 3 is 1.24 bits per heavy atom. The number of alkyl halides is 16. The Morgan fingerprint density at radius 2 is 0.868 bits per heavy atom. The van der Waals surface area contributed by atoms with Gasteiger partial charge in [-0.1, -0.05) is 6.07 Å². The maximum Gasteiger partial charge on any atom is 0.429 e. The van der Waals surface area contributed by atoms with Crippen LogP contribution >= 0.6 is 0 Å². The van der Waals surface area contributed by atoms with Crippen molar-refractivity contribution in [3.63, 3.8) is 0 Å². The van der Waals surface area contributed by atoms with Crippen molar-refractivity contribution in [2.24, 2.45) is 0 Å². The van der Waals surface area contributed by atoms with Crippen molar-refractivity contribution < 1.29 is 70.2 Å². The van der Waals surface area contributed by atoms with Gasteiger partial charge in [0, 0.05) is 16.5 Å². The summed E-state index contributed by atoms with van der Waals surface area (Å²) < 4.78 is 221. The first-order chi connectivity index (χ1) is 16.4. The molecule has 1 aromatic carbocycles. The molecule has 0 amide bonds. The molecule has 0 saturated carbocycles. The molecule has 216 valence electrons. The molecular weight excluding hydrogens is 572 g/mol. The lowest BCUT2D eigenvalue weighted by Gasteiger charge is -2.35. The summed E-state index contributed by atoms with van der Waals surface area (Å²) in [6.07, 6.45) is -24.8. The smallest absolute Gasteiger partial charge is 0.230 e. The highest BCUT2D eigenvalue weighted by Gasteiger charge is 2.64. The molecule has 0 saturated heterocycles. The first-order valence-corrected chi connectivity index (χ1v) is 9.83. The molecule has 0 radical (unpaired) electrons. The molecular formula is C20H14F16N2. The lowest BCUT2D eigenvalue weighted by atomic mass is 9.80. The standard InChI is InChI=1S/C20H14F16N2/c1-13(21,17(25,26)27)7-5-6-8-9(10(7)14(2,22)18(28,29)30)11(15(3,23)19(31,32)33)38-12(37-8)16(4,24)20(34,35)36/h5-6H,1-4H3. The number of hydrogen-bond acceptors (Lipinski definition) is 2. The van der Waals surface area contributed by atoms with Gasteiger partial charge in [0.25, 0.3) is 5.67 Å². The second kappa shape index (κ2) is 8.47. The third-order valence-corrected chi connectivity index (χ3v) is 5.83. The number of hydrogen-bond donors (Lipinski definition) is 0. The second-order valence-corrected chi connectivity index (χ2v) is 8.78. The molecule has 2 nitrogen and oxygen atoms in total. The summed E-state index contributed by atoms with van der Waals surface area (Å²) in [7, 11) is 0. The number of benzene rings is 1. The quantitative estimate of drug-likeness (QED) is 0.336. The van der Waals surface area contributed by atoms with Gasteiger partial charge in [0.15, 0.2) is 5.82 Å². The van der Waals surface area contributed by atoms with Crippen LogP contribution in [0.4, 0.5) is 70.2 Å². The van der Waals surface area contributed by atoms with Gasteiger partial charge < -0.3 is 0 Å². The first kappa shape index (κ1) is 31.7. The van der Waals surface area contributed by atoms with Gasteiger partial charge in [-0.3, -0.25) is 0 Å². The number of halogens is 16. The minimum atomic E-state index is -6.32. The van der Waals surface area contributed by atoms with E-state index in [9.17, 15) is 61.5 Å². The van der Waals surface area contributed by atoms with Crippen LogP contribution in [0.15, 0.2) is 12.1 Å². The van der Waals surface area contributed by atoms with Gasteiger partial charge in [-0.2, -0.15) is 52.7 Å². The van der Waals surface area contributed by atoms with E-state index in [1.165, 1.54) is 0 Å². The van der Waals surface area contributed by atoms with Gasteiger partial charge in [-0.25, -0.2) is 27.5 Å². The van der Waals surface area contributed by atoms with Crippen LogP contribution in [0.2, 0.25) is 0 Å². The Bertz CT molecular complexity index is 1210. The van der Waals surface area contributed by atoms with Gasteiger partial charge in [0.05, 0.1) is 11.2 Å². The average molecular weight is 586 g/mol. The molecule has 0 fully saturated rings. The van der Waals surface area contributed by atoms with Gasteiger partial charge in [-0.05, 0) is 33.8 Å². The van der Waals surface area contributed by atoms with Gasteiger partial charge >= 0.3 is 24.7 Å². The molecule has 0 aliphatic rings. The summed E-state index contributed by atoms with van der Waals surface area (Å²) in [4.78, 5) is 5.31. The number of nitrogens with zero attached hydrogens (tertiary/aromatic N) is 2. The maximum atomic E-state index is 15.3. The molecule has 1 aromatic heterocycles. The Hall–Kier alpha value is -2.56. The summed E-state index contributed by atoms with van der Waals surface area (Å²) in [5.41, 5.74) is -29.3. The Morgan fingerprint density at radius 1 is 0.474 bits per heavy atom. The van der Waals surface area contributed by atoms with E-state index in [1.807, 2.05) is 0 Å². The fourth-order valence-electron chi connectivity index (χ4n) is 3.21. The molecule has 0 aliphatic carbocycles. The SMILES string of the molecule is CC(F)(c1nc(C(C)(F)C(F)(F)F)c2c(C(C)(F)C(F)(F)F)c(C(C)(F)C(F)(F)F)ccc2n1)C(F)(F)F. The molecule has 2 aromatic rings. The van der Waals surface area contributed by atoms with Crippen molar-refractivity contribution in [3.05, 3.63) is 34.8 Å². The van der Waals surface area contributed by atoms with Crippen LogP contribution in [0.1, 0.15) is 50.3 Å². The van der Waals surface area contributed by atoms with Crippen molar-refractivity contribution in [2.45, 2.75) is 75.1 Å². The van der Waals surface area contributed by atoms with Crippen LogP contribution in [0.3, 0.4) is 0 Å². The zero-order valence-corrected chi connectivity index (χ0v) is 19.1. The highest BCUT2D eigenvalue weighted by molar-refractivity contribution is 5.88. The lowest BCUT2D eigenvalue weighted by molar-refractivity contribution is -0.239. The van der Waals surface area contributed by atoms with Crippen molar-refractivity contribution in [1.82, 2.24) is 9.97 Å². The number of fused-ring (bicyclic) bond motifs is 1. The topological polar surface area (TPSA) is 25.8 Å². The molecule has 2 rings (SSSR count). The van der Waals surface area contributed by atoms with E-state index in [4.69, 9.17) is 0 Å². The largest absolute Gasteiger partial charge is 0.429 e. The minimum absolute atomic E-state index is 0.0439. The van der Waals surface area contributed by atoms with Crippen molar-refractivity contribution in [1.29, 1.82) is 0 Å². The molecule has 18 heteroatoms. The molecule has 0 spiro atoms. The molecule has 0 bridgehead atoms. The van der Waals surface area contributed by atoms with Gasteiger partial charge in [0.1, 0.15) is 0 Å². The summed E-state index contributed by atoms with van der Waals surface area (Å²) in [6.45, 7) is -1.86. The van der Waals surface area contributed by atoms with Crippen molar-refractivity contribution in [2.75, 3.05) is 0 Å². The summed E-state index contributed by atoms with van der Waals surface area (Å²) in [5.74, 6) is -2.30. The first-order valence-electron chi connectivity index (χ1n) is 9.83. The van der Waals surface area contributed by atoms with Gasteiger partial charge in [-0.15, -0.1) is 0 Å². The van der Waals surface area contributed by atoms with E-state index in [0.29, 0.717) is 0 Å². The molecule has 1 heterocycles. The van der Waals surface area contributed by atoms with Crippen LogP contribution in [0, 0.1) is 0 Å². The van der Waals surface area contributed by atoms with E-state index in [-0.39, 0.29) is 19.1 Å². The summed E-state index contributed by atoms with van der Waals surface area (Å²) >= 11 is 0. The predicted molar refractivity (Wildman–Crippen MR) is 97.6 cm³/mol. The van der Waals surface area contributed by atoms with Gasteiger partial charge in [0.2, 0.25) is 17.0 Å². The predicted octanol–water partition coefficient (Wildman–Crippen LogP) is 8.62. The fourth-order valence-corrected chi connectivity index (χ4v) is 3.21. The van der Waals surface area contributed by atoms with Crippen LogP contribution in [-0.4, -0.2) is 34.7 Å². The Balaban J connectivity index is 3.40. The number of rotatable bonds is 4. The zero-order valence-electron chi connectivity index (χ0n) is 19.1. The number of aromatic nitrogens is 2. The summed E-state index contributed by atoms with van der Waals surface area (Å²) in [6, 6.07) is -0.292. The minimum Gasteiger partial charge on any atom is -0.230 e.